The Balaban J connectivity index is 2.09. The van der Waals surface area contributed by atoms with E-state index in [-0.39, 0.29) is 23.6 Å². The maximum absolute atomic E-state index is 12.2. The first-order valence-corrected chi connectivity index (χ1v) is 6.15. The van der Waals surface area contributed by atoms with Crippen molar-refractivity contribution in [2.45, 2.75) is 19.4 Å². The molecule has 0 aromatic carbocycles. The van der Waals surface area contributed by atoms with Crippen molar-refractivity contribution in [3.8, 4) is 0 Å². The zero-order chi connectivity index (χ0) is 14.0. The molecule has 1 aliphatic heterocycles. The lowest BCUT2D eigenvalue weighted by Crippen LogP contribution is -2.45. The first-order chi connectivity index (χ1) is 8.99. The van der Waals surface area contributed by atoms with Crippen LogP contribution in [-0.4, -0.2) is 51.2 Å². The molecule has 1 fully saturated rings. The molecule has 0 spiro atoms. The quantitative estimate of drug-likeness (QED) is 0.817. The Morgan fingerprint density at radius 3 is 2.68 bits per heavy atom. The number of aromatic carboxylic acids is 1. The molecule has 1 aromatic rings. The normalized spacial score (nSPS) is 23.2. The van der Waals surface area contributed by atoms with E-state index in [1.807, 2.05) is 6.92 Å². The summed E-state index contributed by atoms with van der Waals surface area (Å²) in [4.78, 5) is 28.3. The van der Waals surface area contributed by atoms with Crippen LogP contribution in [0, 0.1) is 5.92 Å². The summed E-state index contributed by atoms with van der Waals surface area (Å²) < 4.78 is 0. The molecule has 2 heterocycles. The lowest BCUT2D eigenvalue weighted by Gasteiger charge is -2.34. The topological polar surface area (TPSA) is 90.7 Å². The van der Waals surface area contributed by atoms with Crippen LogP contribution in [-0.2, 0) is 0 Å². The van der Waals surface area contributed by atoms with E-state index in [0.29, 0.717) is 25.1 Å². The zero-order valence-corrected chi connectivity index (χ0v) is 10.6. The molecule has 2 rings (SSSR count). The average molecular weight is 264 g/mol. The summed E-state index contributed by atoms with van der Waals surface area (Å²) in [5, 5.41) is 18.4. The molecule has 0 bridgehead atoms. The molecule has 1 saturated heterocycles. The summed E-state index contributed by atoms with van der Waals surface area (Å²) in [6, 6.07) is 2.78. The summed E-state index contributed by atoms with van der Waals surface area (Å²) >= 11 is 0. The maximum atomic E-state index is 12.2. The first-order valence-electron chi connectivity index (χ1n) is 6.15. The molecule has 2 N–H and O–H groups in total. The van der Waals surface area contributed by atoms with E-state index in [9.17, 15) is 14.7 Å². The fourth-order valence-corrected chi connectivity index (χ4v) is 2.15. The van der Waals surface area contributed by atoms with Gasteiger partial charge >= 0.3 is 5.97 Å². The number of hydrogen-bond acceptors (Lipinski definition) is 4. The van der Waals surface area contributed by atoms with E-state index in [2.05, 4.69) is 4.98 Å². The van der Waals surface area contributed by atoms with Gasteiger partial charge in [-0.25, -0.2) is 9.78 Å². The number of carboxylic acids is 1. The molecule has 19 heavy (non-hydrogen) atoms. The van der Waals surface area contributed by atoms with Gasteiger partial charge in [-0.2, -0.15) is 0 Å². The second-order valence-corrected chi connectivity index (χ2v) is 4.82. The fourth-order valence-electron chi connectivity index (χ4n) is 2.15. The molecular formula is C13H16N2O4. The number of amides is 1. The van der Waals surface area contributed by atoms with Crippen LogP contribution in [0.4, 0.5) is 0 Å². The first kappa shape index (κ1) is 13.5. The third-order valence-corrected chi connectivity index (χ3v) is 3.38. The fraction of sp³-hybridized carbons (Fsp3) is 0.462. The van der Waals surface area contributed by atoms with E-state index < -0.39 is 5.97 Å². The zero-order valence-electron chi connectivity index (χ0n) is 10.6. The number of aromatic nitrogens is 1. The van der Waals surface area contributed by atoms with Crippen molar-refractivity contribution < 1.29 is 19.8 Å². The molecule has 0 radical (unpaired) electrons. The lowest BCUT2D eigenvalue weighted by molar-refractivity contribution is 0.0297. The van der Waals surface area contributed by atoms with Crippen LogP contribution in [0.3, 0.4) is 0 Å². The molecular weight excluding hydrogens is 248 g/mol. The largest absolute Gasteiger partial charge is 0.477 e. The van der Waals surface area contributed by atoms with Crippen molar-refractivity contribution in [2.24, 2.45) is 5.92 Å². The highest BCUT2D eigenvalue weighted by molar-refractivity contribution is 5.95. The number of carboxylic acid groups (broad SMARTS) is 1. The van der Waals surface area contributed by atoms with Gasteiger partial charge in [-0.05, 0) is 24.5 Å². The third kappa shape index (κ3) is 2.90. The summed E-state index contributed by atoms with van der Waals surface area (Å²) in [5.41, 5.74) is 0.285. The second kappa shape index (κ2) is 5.36. The van der Waals surface area contributed by atoms with Crippen molar-refractivity contribution in [3.63, 3.8) is 0 Å². The molecule has 2 atom stereocenters. The van der Waals surface area contributed by atoms with Crippen LogP contribution in [0.2, 0.25) is 0 Å². The molecule has 0 aliphatic carbocycles. The van der Waals surface area contributed by atoms with Crippen LogP contribution in [0.5, 0.6) is 0 Å². The number of pyridine rings is 1. The van der Waals surface area contributed by atoms with Crippen LogP contribution in [0.15, 0.2) is 18.3 Å². The maximum Gasteiger partial charge on any atom is 0.354 e. The number of nitrogens with zero attached hydrogens (tertiary/aromatic N) is 2. The number of aliphatic hydroxyl groups excluding tert-OH is 1. The predicted molar refractivity (Wildman–Crippen MR) is 66.9 cm³/mol. The highest BCUT2D eigenvalue weighted by atomic mass is 16.4. The van der Waals surface area contributed by atoms with Crippen LogP contribution in [0.25, 0.3) is 0 Å². The van der Waals surface area contributed by atoms with Crippen molar-refractivity contribution in [2.75, 3.05) is 13.1 Å². The Kier molecular flexibility index (Phi) is 3.80. The Labute approximate surface area is 110 Å². The van der Waals surface area contributed by atoms with E-state index in [0.717, 1.165) is 0 Å². The molecule has 6 nitrogen and oxygen atoms in total. The van der Waals surface area contributed by atoms with Gasteiger partial charge in [-0.3, -0.25) is 4.79 Å². The Morgan fingerprint density at radius 2 is 2.16 bits per heavy atom. The number of hydrogen-bond donors (Lipinski definition) is 2. The Hall–Kier alpha value is -1.95. The molecule has 1 aromatic heterocycles. The number of carbonyl (C=O) groups is 2. The molecule has 1 amide bonds. The van der Waals surface area contributed by atoms with Crippen LogP contribution < -0.4 is 0 Å². The van der Waals surface area contributed by atoms with Gasteiger partial charge in [0.05, 0.1) is 11.7 Å². The molecule has 1 aliphatic rings. The standard InChI is InChI=1S/C13H16N2O4/c1-8-7-15(5-4-11(8)16)12(17)9-2-3-10(13(18)19)14-6-9/h2-3,6,8,11,16H,4-5,7H2,1H3,(H,18,19). The predicted octanol–water partition coefficient (Wildman–Crippen LogP) is 0.623. The van der Waals surface area contributed by atoms with Gasteiger partial charge in [0.1, 0.15) is 5.69 Å². The second-order valence-electron chi connectivity index (χ2n) is 4.82. The van der Waals surface area contributed by atoms with Crippen LogP contribution in [0.1, 0.15) is 34.2 Å². The number of carbonyl (C=O) groups excluding carboxylic acids is 1. The molecule has 6 heteroatoms. The summed E-state index contributed by atoms with van der Waals surface area (Å²) in [7, 11) is 0. The number of rotatable bonds is 2. The van der Waals surface area contributed by atoms with Gasteiger partial charge in [-0.15, -0.1) is 0 Å². The monoisotopic (exact) mass is 264 g/mol. The van der Waals surface area contributed by atoms with Gasteiger partial charge < -0.3 is 15.1 Å². The third-order valence-electron chi connectivity index (χ3n) is 3.38. The minimum Gasteiger partial charge on any atom is -0.477 e. The van der Waals surface area contributed by atoms with Crippen molar-refractivity contribution >= 4 is 11.9 Å². The van der Waals surface area contributed by atoms with Gasteiger partial charge in [-0.1, -0.05) is 6.92 Å². The average Bonchev–Trinajstić information content (AvgIpc) is 2.41. The van der Waals surface area contributed by atoms with Crippen molar-refractivity contribution in [1.82, 2.24) is 9.88 Å². The van der Waals surface area contributed by atoms with E-state index >= 15 is 0 Å². The number of piperidine rings is 1. The summed E-state index contributed by atoms with van der Waals surface area (Å²) in [5.74, 6) is -1.25. The molecule has 0 saturated carbocycles. The number of likely N-dealkylation sites (tertiary alicyclic amines) is 1. The van der Waals surface area contributed by atoms with Gasteiger partial charge in [0.15, 0.2) is 0 Å². The minimum absolute atomic E-state index is 0.0453. The van der Waals surface area contributed by atoms with Gasteiger partial charge in [0.2, 0.25) is 0 Å². The van der Waals surface area contributed by atoms with Crippen molar-refractivity contribution in [3.05, 3.63) is 29.6 Å². The lowest BCUT2D eigenvalue weighted by atomic mass is 9.96. The van der Waals surface area contributed by atoms with Crippen LogP contribution >= 0.6 is 0 Å². The van der Waals surface area contributed by atoms with Gasteiger partial charge in [0.25, 0.3) is 5.91 Å². The Morgan fingerprint density at radius 1 is 1.42 bits per heavy atom. The highest BCUT2D eigenvalue weighted by Crippen LogP contribution is 2.18. The molecule has 2 unspecified atom stereocenters. The van der Waals surface area contributed by atoms with E-state index in [1.165, 1.54) is 18.3 Å². The minimum atomic E-state index is -1.12. The summed E-state index contributed by atoms with van der Waals surface area (Å²) in [6.07, 6.45) is 1.48. The highest BCUT2D eigenvalue weighted by Gasteiger charge is 2.27. The smallest absolute Gasteiger partial charge is 0.354 e. The van der Waals surface area contributed by atoms with E-state index in [1.54, 1.807) is 4.90 Å². The SMILES string of the molecule is CC1CN(C(=O)c2ccc(C(=O)O)nc2)CCC1O. The van der Waals surface area contributed by atoms with E-state index in [4.69, 9.17) is 5.11 Å². The summed E-state index contributed by atoms with van der Waals surface area (Å²) in [6.45, 7) is 2.90. The Bertz CT molecular complexity index is 486. The molecule has 102 valence electrons. The van der Waals surface area contributed by atoms with Gasteiger partial charge in [0, 0.05) is 19.3 Å². The number of aliphatic hydroxyl groups is 1. The van der Waals surface area contributed by atoms with Crippen molar-refractivity contribution in [1.29, 1.82) is 0 Å².